The number of nitrogens with zero attached hydrogens (tertiary/aromatic N) is 1. The largest absolute Gasteiger partial charge is 0.349 e. The van der Waals surface area contributed by atoms with Gasteiger partial charge in [-0.2, -0.15) is 0 Å². The zero-order valence-corrected chi connectivity index (χ0v) is 17.0. The van der Waals surface area contributed by atoms with Crippen LogP contribution in [0.5, 0.6) is 0 Å². The van der Waals surface area contributed by atoms with E-state index in [9.17, 15) is 9.59 Å². The van der Waals surface area contributed by atoms with Crippen LogP contribution in [0.25, 0.3) is 0 Å². The molecule has 1 amide bonds. The minimum atomic E-state index is -0.794. The molecule has 3 atom stereocenters. The Bertz CT molecular complexity index is 844. The maximum atomic E-state index is 13.6. The van der Waals surface area contributed by atoms with Crippen LogP contribution in [0.2, 0.25) is 0 Å². The molecule has 1 saturated heterocycles. The van der Waals surface area contributed by atoms with Gasteiger partial charge in [-0.25, -0.2) is 0 Å². The third kappa shape index (κ3) is 4.13. The Kier molecular flexibility index (Phi) is 6.10. The molecule has 0 radical (unpaired) electrons. The first kappa shape index (κ1) is 19.8. The molecule has 1 saturated carbocycles. The molecule has 152 valence electrons. The van der Waals surface area contributed by atoms with Crippen LogP contribution in [0, 0.1) is 0 Å². The molecule has 1 unspecified atom stereocenters. The van der Waals surface area contributed by atoms with Gasteiger partial charge in [0.25, 0.3) is 0 Å². The number of hydrogen-bond acceptors (Lipinski definition) is 3. The maximum Gasteiger partial charge on any atom is 0.232 e. The number of carbonyl (C=O) groups excluding carboxylic acids is 2. The summed E-state index contributed by atoms with van der Waals surface area (Å²) in [6.07, 6.45) is 5.54. The lowest BCUT2D eigenvalue weighted by Gasteiger charge is -2.30. The lowest BCUT2D eigenvalue weighted by molar-refractivity contribution is -0.143. The highest BCUT2D eigenvalue weighted by Gasteiger charge is 2.40. The van der Waals surface area contributed by atoms with Gasteiger partial charge in [-0.3, -0.25) is 9.59 Å². The number of amides is 1. The summed E-state index contributed by atoms with van der Waals surface area (Å²) in [4.78, 5) is 26.9. The van der Waals surface area contributed by atoms with Gasteiger partial charge in [0.05, 0.1) is 18.6 Å². The zero-order valence-electron chi connectivity index (χ0n) is 17.0. The van der Waals surface area contributed by atoms with Gasteiger partial charge in [-0.15, -0.1) is 0 Å². The minimum absolute atomic E-state index is 0.0222. The molecule has 0 aromatic heterocycles. The molecule has 4 nitrogen and oxygen atoms in total. The van der Waals surface area contributed by atoms with E-state index in [1.165, 1.54) is 31.2 Å². The molecule has 0 bridgehead atoms. The van der Waals surface area contributed by atoms with E-state index in [1.807, 2.05) is 31.2 Å². The Balaban J connectivity index is 1.58. The van der Waals surface area contributed by atoms with Crippen LogP contribution in [-0.2, 0) is 20.7 Å². The summed E-state index contributed by atoms with van der Waals surface area (Å²) in [6, 6.07) is 18.3. The van der Waals surface area contributed by atoms with Gasteiger partial charge in [-0.1, -0.05) is 67.4 Å². The Morgan fingerprint density at radius 3 is 2.52 bits per heavy atom. The van der Waals surface area contributed by atoms with Crippen molar-refractivity contribution in [2.45, 2.75) is 63.1 Å². The summed E-state index contributed by atoms with van der Waals surface area (Å²) in [5.41, 5.74) is 3.54. The highest BCUT2D eigenvalue weighted by atomic mass is 16.5. The molecule has 1 aliphatic carbocycles. The first-order valence-corrected chi connectivity index (χ1v) is 10.7. The van der Waals surface area contributed by atoms with E-state index in [-0.39, 0.29) is 17.9 Å². The predicted molar refractivity (Wildman–Crippen MR) is 113 cm³/mol. The van der Waals surface area contributed by atoms with E-state index in [0.29, 0.717) is 18.9 Å². The van der Waals surface area contributed by atoms with E-state index in [0.717, 1.165) is 17.4 Å². The molecule has 4 heteroatoms. The minimum Gasteiger partial charge on any atom is -0.349 e. The number of aldehydes is 1. The van der Waals surface area contributed by atoms with Crippen LogP contribution in [0.4, 0.5) is 0 Å². The van der Waals surface area contributed by atoms with E-state index >= 15 is 0 Å². The smallest absolute Gasteiger partial charge is 0.232 e. The normalized spacial score (nSPS) is 23.3. The maximum absolute atomic E-state index is 13.6. The fraction of sp³-hybridized carbons (Fsp3) is 0.440. The van der Waals surface area contributed by atoms with Crippen LogP contribution in [0.1, 0.15) is 61.1 Å². The predicted octanol–water partition coefficient (Wildman–Crippen LogP) is 4.44. The van der Waals surface area contributed by atoms with Crippen molar-refractivity contribution in [2.24, 2.45) is 0 Å². The molecule has 0 N–H and O–H groups in total. The second kappa shape index (κ2) is 8.91. The molecule has 2 aliphatic rings. The first-order valence-electron chi connectivity index (χ1n) is 10.7. The summed E-state index contributed by atoms with van der Waals surface area (Å²) in [7, 11) is 0. The highest BCUT2D eigenvalue weighted by Crippen LogP contribution is 2.38. The van der Waals surface area contributed by atoms with Crippen LogP contribution in [0.3, 0.4) is 0 Å². The average Bonchev–Trinajstić information content (AvgIpc) is 3.43. The zero-order chi connectivity index (χ0) is 20.2. The van der Waals surface area contributed by atoms with E-state index < -0.39 is 6.23 Å². The Hall–Kier alpha value is -2.46. The Morgan fingerprint density at radius 1 is 1.10 bits per heavy atom. The van der Waals surface area contributed by atoms with Gasteiger partial charge in [0.1, 0.15) is 0 Å². The molecule has 4 rings (SSSR count). The monoisotopic (exact) mass is 391 g/mol. The fourth-order valence-electron chi connectivity index (χ4n) is 4.90. The van der Waals surface area contributed by atoms with Gasteiger partial charge in [0, 0.05) is 0 Å². The second-order valence-electron chi connectivity index (χ2n) is 8.28. The summed E-state index contributed by atoms with van der Waals surface area (Å²) in [5, 5.41) is 0. The first-order chi connectivity index (χ1) is 14.2. The Labute approximate surface area is 172 Å². The van der Waals surface area contributed by atoms with Crippen molar-refractivity contribution in [3.8, 4) is 0 Å². The van der Waals surface area contributed by atoms with Crippen LogP contribution in [0.15, 0.2) is 54.6 Å². The molecule has 2 aromatic carbocycles. The molecule has 29 heavy (non-hydrogen) atoms. The topological polar surface area (TPSA) is 46.6 Å². The number of hydrogen-bond donors (Lipinski definition) is 0. The highest BCUT2D eigenvalue weighted by molar-refractivity contribution is 5.86. The summed E-state index contributed by atoms with van der Waals surface area (Å²) in [5.74, 6) is 0.221. The number of carbonyl (C=O) groups is 2. The lowest BCUT2D eigenvalue weighted by Crippen LogP contribution is -2.45. The number of benzene rings is 2. The van der Waals surface area contributed by atoms with Gasteiger partial charge < -0.3 is 9.64 Å². The van der Waals surface area contributed by atoms with Gasteiger partial charge in [-0.05, 0) is 48.8 Å². The van der Waals surface area contributed by atoms with Gasteiger partial charge >= 0.3 is 0 Å². The number of ether oxygens (including phenoxy) is 1. The molecule has 1 aliphatic heterocycles. The SMILES string of the molecule is C[C@@H](C(=O)N1C(C=O)OC[C@H]1Cc1ccccc1)c1ccccc1C1CCCC1. The van der Waals surface area contributed by atoms with Gasteiger partial charge in [0.15, 0.2) is 12.5 Å². The summed E-state index contributed by atoms with van der Waals surface area (Å²) >= 11 is 0. The van der Waals surface area contributed by atoms with Crippen molar-refractivity contribution in [1.82, 2.24) is 4.90 Å². The van der Waals surface area contributed by atoms with Crippen molar-refractivity contribution in [2.75, 3.05) is 6.61 Å². The summed E-state index contributed by atoms with van der Waals surface area (Å²) < 4.78 is 5.67. The van der Waals surface area contributed by atoms with Crippen molar-refractivity contribution < 1.29 is 14.3 Å². The molecule has 2 aromatic rings. The third-order valence-electron chi connectivity index (χ3n) is 6.44. The number of rotatable bonds is 6. The second-order valence-corrected chi connectivity index (χ2v) is 8.28. The third-order valence-corrected chi connectivity index (χ3v) is 6.44. The average molecular weight is 392 g/mol. The van der Waals surface area contributed by atoms with E-state index in [4.69, 9.17) is 4.74 Å². The lowest BCUT2D eigenvalue weighted by atomic mass is 9.86. The molecular weight excluding hydrogens is 362 g/mol. The van der Waals surface area contributed by atoms with Gasteiger partial charge in [0.2, 0.25) is 5.91 Å². The molecular formula is C25H29NO3. The molecule has 0 spiro atoms. The van der Waals surface area contributed by atoms with E-state index in [1.54, 1.807) is 4.90 Å². The standard InChI is InChI=1S/C25H29NO3/c1-18(22-13-7-8-14-23(22)20-11-5-6-12-20)25(28)26-21(17-29-24(26)16-27)15-19-9-3-2-4-10-19/h2-4,7-10,13-14,16,18,20-21,24H,5-6,11-12,15,17H2,1H3/t18-,21-,24?/m1/s1. The summed E-state index contributed by atoms with van der Waals surface area (Å²) in [6.45, 7) is 2.36. The van der Waals surface area contributed by atoms with Crippen LogP contribution in [-0.4, -0.2) is 36.0 Å². The fourth-order valence-corrected chi connectivity index (χ4v) is 4.90. The van der Waals surface area contributed by atoms with Crippen molar-refractivity contribution >= 4 is 12.2 Å². The van der Waals surface area contributed by atoms with Crippen molar-refractivity contribution in [3.05, 3.63) is 71.3 Å². The van der Waals surface area contributed by atoms with Crippen molar-refractivity contribution in [3.63, 3.8) is 0 Å². The molecule has 2 fully saturated rings. The van der Waals surface area contributed by atoms with E-state index in [2.05, 4.69) is 30.3 Å². The van der Waals surface area contributed by atoms with Crippen LogP contribution < -0.4 is 0 Å². The molecule has 1 heterocycles. The Morgan fingerprint density at radius 2 is 1.79 bits per heavy atom. The van der Waals surface area contributed by atoms with Crippen molar-refractivity contribution in [1.29, 1.82) is 0 Å². The van der Waals surface area contributed by atoms with Crippen LogP contribution >= 0.6 is 0 Å². The quantitative estimate of drug-likeness (QED) is 0.684.